The lowest BCUT2D eigenvalue weighted by atomic mass is 9.93. The van der Waals surface area contributed by atoms with E-state index in [1.807, 2.05) is 30.3 Å². The Labute approximate surface area is 141 Å². The van der Waals surface area contributed by atoms with Crippen molar-refractivity contribution in [1.82, 2.24) is 5.32 Å². The molecule has 2 unspecified atom stereocenters. The van der Waals surface area contributed by atoms with Gasteiger partial charge in [-0.15, -0.1) is 0 Å². The van der Waals surface area contributed by atoms with Gasteiger partial charge in [0.25, 0.3) is 0 Å². The second-order valence-corrected chi connectivity index (χ2v) is 5.99. The molecule has 0 saturated heterocycles. The minimum absolute atomic E-state index is 0.00621. The highest BCUT2D eigenvalue weighted by molar-refractivity contribution is 5.89. The van der Waals surface area contributed by atoms with Gasteiger partial charge in [0.1, 0.15) is 5.82 Å². The number of hydrogen-bond donors (Lipinski definition) is 3. The molecule has 128 valence electrons. The van der Waals surface area contributed by atoms with Crippen LogP contribution in [0, 0.1) is 12.7 Å². The maximum Gasteiger partial charge on any atom is 0.319 e. The molecule has 0 aliphatic heterocycles. The van der Waals surface area contributed by atoms with Gasteiger partial charge in [-0.05, 0) is 43.5 Å². The number of hydrogen-bond acceptors (Lipinski definition) is 2. The minimum Gasteiger partial charge on any atom is -0.393 e. The van der Waals surface area contributed by atoms with E-state index < -0.39 is 12.1 Å². The normalized spacial score (nSPS) is 13.2. The number of anilines is 1. The molecule has 0 bridgehead atoms. The quantitative estimate of drug-likeness (QED) is 0.754. The van der Waals surface area contributed by atoms with Crippen LogP contribution in [0.4, 0.5) is 14.9 Å². The van der Waals surface area contributed by atoms with Gasteiger partial charge >= 0.3 is 6.03 Å². The largest absolute Gasteiger partial charge is 0.393 e. The Hall–Kier alpha value is -2.40. The first-order valence-corrected chi connectivity index (χ1v) is 7.99. The summed E-state index contributed by atoms with van der Waals surface area (Å²) in [7, 11) is 0. The molecule has 2 atom stereocenters. The molecule has 2 aromatic carbocycles. The summed E-state index contributed by atoms with van der Waals surface area (Å²) in [5.41, 5.74) is 1.99. The highest BCUT2D eigenvalue weighted by atomic mass is 19.1. The van der Waals surface area contributed by atoms with Crippen LogP contribution >= 0.6 is 0 Å². The van der Waals surface area contributed by atoms with Crippen LogP contribution in [-0.2, 0) is 0 Å². The molecule has 0 aromatic heterocycles. The predicted molar refractivity (Wildman–Crippen MR) is 93.6 cm³/mol. The molecule has 2 aromatic rings. The Morgan fingerprint density at radius 2 is 1.92 bits per heavy atom. The van der Waals surface area contributed by atoms with E-state index in [2.05, 4.69) is 10.6 Å². The number of carbonyl (C=O) groups excluding carboxylic acids is 1. The zero-order chi connectivity index (χ0) is 17.5. The molecule has 2 amide bonds. The number of urea groups is 1. The Morgan fingerprint density at radius 1 is 1.21 bits per heavy atom. The lowest BCUT2D eigenvalue weighted by Gasteiger charge is -2.20. The van der Waals surface area contributed by atoms with Crippen LogP contribution in [0.2, 0.25) is 0 Å². The summed E-state index contributed by atoms with van der Waals surface area (Å²) in [4.78, 5) is 12.0. The van der Waals surface area contributed by atoms with Crippen LogP contribution in [0.15, 0.2) is 48.5 Å². The lowest BCUT2D eigenvalue weighted by molar-refractivity contribution is 0.173. The standard InChI is InChI=1S/C19H23FN2O2/c1-13-8-9-17(11-18(13)20)22-19(24)21-12-16(10-14(2)23)15-6-4-3-5-7-15/h3-9,11,14,16,23H,10,12H2,1-2H3,(H2,21,22,24). The SMILES string of the molecule is Cc1ccc(NC(=O)NCC(CC(C)O)c2ccccc2)cc1F. The van der Waals surface area contributed by atoms with Crippen molar-refractivity contribution < 1.29 is 14.3 Å². The lowest BCUT2D eigenvalue weighted by Crippen LogP contribution is -2.33. The third kappa shape index (κ3) is 5.35. The van der Waals surface area contributed by atoms with Gasteiger partial charge in [0.15, 0.2) is 0 Å². The van der Waals surface area contributed by atoms with Gasteiger partial charge < -0.3 is 15.7 Å². The number of aliphatic hydroxyl groups is 1. The molecule has 0 spiro atoms. The first-order chi connectivity index (χ1) is 11.5. The van der Waals surface area contributed by atoms with Crippen LogP contribution in [0.3, 0.4) is 0 Å². The molecule has 0 fully saturated rings. The summed E-state index contributed by atoms with van der Waals surface area (Å²) >= 11 is 0. The van der Waals surface area contributed by atoms with Gasteiger partial charge in [0.05, 0.1) is 6.10 Å². The summed E-state index contributed by atoms with van der Waals surface area (Å²) in [6.45, 7) is 3.78. The average molecular weight is 330 g/mol. The van der Waals surface area contributed by atoms with Crippen LogP contribution < -0.4 is 10.6 Å². The summed E-state index contributed by atoms with van der Waals surface area (Å²) < 4.78 is 13.5. The molecular formula is C19H23FN2O2. The van der Waals surface area contributed by atoms with E-state index in [4.69, 9.17) is 0 Å². The highest BCUT2D eigenvalue weighted by Crippen LogP contribution is 2.20. The number of amides is 2. The minimum atomic E-state index is -0.466. The second kappa shape index (κ2) is 8.45. The summed E-state index contributed by atoms with van der Waals surface area (Å²) in [5, 5.41) is 15.1. The molecule has 4 nitrogen and oxygen atoms in total. The van der Waals surface area contributed by atoms with E-state index in [0.29, 0.717) is 24.2 Å². The molecule has 3 N–H and O–H groups in total. The van der Waals surface area contributed by atoms with Crippen molar-refractivity contribution in [2.45, 2.75) is 32.3 Å². The van der Waals surface area contributed by atoms with Gasteiger partial charge in [0.2, 0.25) is 0 Å². The Morgan fingerprint density at radius 3 is 2.54 bits per heavy atom. The zero-order valence-electron chi connectivity index (χ0n) is 13.9. The fraction of sp³-hybridized carbons (Fsp3) is 0.316. The number of aliphatic hydroxyl groups excluding tert-OH is 1. The molecular weight excluding hydrogens is 307 g/mol. The zero-order valence-corrected chi connectivity index (χ0v) is 13.9. The van der Waals surface area contributed by atoms with Gasteiger partial charge in [-0.25, -0.2) is 9.18 Å². The molecule has 0 saturated carbocycles. The van der Waals surface area contributed by atoms with Gasteiger partial charge in [-0.3, -0.25) is 0 Å². The Bertz CT molecular complexity index is 674. The van der Waals surface area contributed by atoms with Crippen molar-refractivity contribution in [3.8, 4) is 0 Å². The molecule has 24 heavy (non-hydrogen) atoms. The van der Waals surface area contributed by atoms with E-state index in [-0.39, 0.29) is 11.7 Å². The van der Waals surface area contributed by atoms with Gasteiger partial charge in [0, 0.05) is 18.2 Å². The first-order valence-electron chi connectivity index (χ1n) is 7.99. The smallest absolute Gasteiger partial charge is 0.319 e. The van der Waals surface area contributed by atoms with E-state index in [1.165, 1.54) is 6.07 Å². The van der Waals surface area contributed by atoms with Crippen LogP contribution in [0.25, 0.3) is 0 Å². The van der Waals surface area contributed by atoms with Crippen molar-refractivity contribution >= 4 is 11.7 Å². The molecule has 0 heterocycles. The Balaban J connectivity index is 1.95. The molecule has 0 aliphatic rings. The Kier molecular flexibility index (Phi) is 6.32. The van der Waals surface area contributed by atoms with E-state index in [0.717, 1.165) is 5.56 Å². The van der Waals surface area contributed by atoms with Crippen LogP contribution in [0.1, 0.15) is 30.4 Å². The molecule has 5 heteroatoms. The number of halogens is 1. The van der Waals surface area contributed by atoms with Crippen molar-refractivity contribution in [3.05, 3.63) is 65.5 Å². The number of rotatable bonds is 6. The first kappa shape index (κ1) is 17.9. The van der Waals surface area contributed by atoms with Crippen molar-refractivity contribution in [3.63, 3.8) is 0 Å². The van der Waals surface area contributed by atoms with Crippen molar-refractivity contribution in [1.29, 1.82) is 0 Å². The third-order valence-corrected chi connectivity index (χ3v) is 3.84. The predicted octanol–water partition coefficient (Wildman–Crippen LogP) is 3.81. The molecule has 2 rings (SSSR count). The number of carbonyl (C=O) groups is 1. The van der Waals surface area contributed by atoms with Crippen molar-refractivity contribution in [2.75, 3.05) is 11.9 Å². The molecule has 0 radical (unpaired) electrons. The third-order valence-electron chi connectivity index (χ3n) is 3.84. The van der Waals surface area contributed by atoms with Crippen molar-refractivity contribution in [2.24, 2.45) is 0 Å². The highest BCUT2D eigenvalue weighted by Gasteiger charge is 2.15. The fourth-order valence-corrected chi connectivity index (χ4v) is 2.54. The van der Waals surface area contributed by atoms with Crippen LogP contribution in [0.5, 0.6) is 0 Å². The maximum atomic E-state index is 13.5. The number of aryl methyl sites for hydroxylation is 1. The fourth-order valence-electron chi connectivity index (χ4n) is 2.54. The monoisotopic (exact) mass is 330 g/mol. The summed E-state index contributed by atoms with van der Waals surface area (Å²) in [5.74, 6) is -0.351. The topological polar surface area (TPSA) is 61.4 Å². The summed E-state index contributed by atoms with van der Waals surface area (Å²) in [6.07, 6.45) is 0.0787. The number of nitrogens with one attached hydrogen (secondary N) is 2. The van der Waals surface area contributed by atoms with Gasteiger partial charge in [-0.1, -0.05) is 36.4 Å². The van der Waals surface area contributed by atoms with Crippen LogP contribution in [-0.4, -0.2) is 23.8 Å². The van der Waals surface area contributed by atoms with E-state index >= 15 is 0 Å². The second-order valence-electron chi connectivity index (χ2n) is 5.99. The average Bonchev–Trinajstić information content (AvgIpc) is 2.55. The summed E-state index contributed by atoms with van der Waals surface area (Å²) in [6, 6.07) is 13.9. The number of benzene rings is 2. The van der Waals surface area contributed by atoms with E-state index in [1.54, 1.807) is 26.0 Å². The maximum absolute atomic E-state index is 13.5. The van der Waals surface area contributed by atoms with E-state index in [9.17, 15) is 14.3 Å². The molecule has 0 aliphatic carbocycles. The van der Waals surface area contributed by atoms with Gasteiger partial charge in [-0.2, -0.15) is 0 Å².